The molecule has 1 aromatic rings. The van der Waals surface area contributed by atoms with E-state index < -0.39 is 11.7 Å². The van der Waals surface area contributed by atoms with Gasteiger partial charge in [0.25, 0.3) is 0 Å². The molecule has 0 amide bonds. The standard InChI is InChI=1S/C11H10F3IO/c12-11(13,14)9-5-3-8(4-6-9)10(16)2-1-7-15/h3-6H,1-2,7H2. The quantitative estimate of drug-likeness (QED) is 0.457. The molecular formula is C11H10F3IO. The molecule has 88 valence electrons. The van der Waals surface area contributed by atoms with Crippen LogP contribution in [-0.2, 0) is 6.18 Å². The van der Waals surface area contributed by atoms with Crippen LogP contribution in [0.1, 0.15) is 28.8 Å². The van der Waals surface area contributed by atoms with Gasteiger partial charge in [-0.1, -0.05) is 34.7 Å². The van der Waals surface area contributed by atoms with E-state index in [1.807, 2.05) is 0 Å². The third-order valence-corrected chi connectivity index (χ3v) is 2.83. The van der Waals surface area contributed by atoms with E-state index >= 15 is 0 Å². The Morgan fingerprint density at radius 3 is 2.19 bits per heavy atom. The van der Waals surface area contributed by atoms with Gasteiger partial charge in [0.05, 0.1) is 5.56 Å². The summed E-state index contributed by atoms with van der Waals surface area (Å²) in [5.74, 6) is -0.106. The van der Waals surface area contributed by atoms with Crippen LogP contribution in [0.4, 0.5) is 13.2 Å². The molecule has 1 rings (SSSR count). The van der Waals surface area contributed by atoms with E-state index in [2.05, 4.69) is 22.6 Å². The number of alkyl halides is 4. The lowest BCUT2D eigenvalue weighted by molar-refractivity contribution is -0.137. The molecule has 0 fully saturated rings. The average Bonchev–Trinajstić information content (AvgIpc) is 2.25. The van der Waals surface area contributed by atoms with Crippen LogP contribution < -0.4 is 0 Å². The largest absolute Gasteiger partial charge is 0.416 e. The molecule has 0 unspecified atom stereocenters. The lowest BCUT2D eigenvalue weighted by atomic mass is 10.1. The van der Waals surface area contributed by atoms with Gasteiger partial charge in [0.1, 0.15) is 0 Å². The summed E-state index contributed by atoms with van der Waals surface area (Å²) < 4.78 is 37.6. The van der Waals surface area contributed by atoms with Crippen LogP contribution in [-0.4, -0.2) is 10.2 Å². The molecule has 16 heavy (non-hydrogen) atoms. The predicted octanol–water partition coefficient (Wildman–Crippen LogP) is 4.10. The highest BCUT2D eigenvalue weighted by Gasteiger charge is 2.30. The van der Waals surface area contributed by atoms with Crippen LogP contribution in [0.25, 0.3) is 0 Å². The molecular weight excluding hydrogens is 332 g/mol. The lowest BCUT2D eigenvalue weighted by Gasteiger charge is -2.06. The lowest BCUT2D eigenvalue weighted by Crippen LogP contribution is -2.06. The van der Waals surface area contributed by atoms with Crippen LogP contribution in [0, 0.1) is 0 Å². The van der Waals surface area contributed by atoms with Crippen molar-refractivity contribution in [3.63, 3.8) is 0 Å². The topological polar surface area (TPSA) is 17.1 Å². The number of hydrogen-bond acceptors (Lipinski definition) is 1. The molecule has 0 heterocycles. The van der Waals surface area contributed by atoms with E-state index in [0.29, 0.717) is 12.0 Å². The Morgan fingerprint density at radius 2 is 1.75 bits per heavy atom. The van der Waals surface area contributed by atoms with Gasteiger partial charge in [-0.05, 0) is 23.0 Å². The van der Waals surface area contributed by atoms with Gasteiger partial charge < -0.3 is 0 Å². The summed E-state index contributed by atoms with van der Waals surface area (Å²) in [5.41, 5.74) is -0.379. The molecule has 0 spiro atoms. The molecule has 0 N–H and O–H groups in total. The van der Waals surface area contributed by atoms with Gasteiger partial charge in [-0.3, -0.25) is 4.79 Å². The predicted molar refractivity (Wildman–Crippen MR) is 63.9 cm³/mol. The highest BCUT2D eigenvalue weighted by molar-refractivity contribution is 14.1. The third kappa shape index (κ3) is 3.77. The first kappa shape index (κ1) is 13.5. The summed E-state index contributed by atoms with van der Waals surface area (Å²) in [4.78, 5) is 11.5. The number of rotatable bonds is 4. The van der Waals surface area contributed by atoms with Crippen LogP contribution in [0.3, 0.4) is 0 Å². The molecule has 0 aliphatic rings. The van der Waals surface area contributed by atoms with E-state index in [9.17, 15) is 18.0 Å². The van der Waals surface area contributed by atoms with Crippen molar-refractivity contribution in [3.05, 3.63) is 35.4 Å². The van der Waals surface area contributed by atoms with E-state index in [1.165, 1.54) is 12.1 Å². The van der Waals surface area contributed by atoms with Crippen molar-refractivity contribution >= 4 is 28.4 Å². The average molecular weight is 342 g/mol. The number of benzene rings is 1. The zero-order chi connectivity index (χ0) is 12.2. The molecule has 0 aliphatic carbocycles. The van der Waals surface area contributed by atoms with Crippen LogP contribution in [0.2, 0.25) is 0 Å². The van der Waals surface area contributed by atoms with Crippen LogP contribution in [0.15, 0.2) is 24.3 Å². The molecule has 0 bridgehead atoms. The Hall–Kier alpha value is -0.590. The fraction of sp³-hybridized carbons (Fsp3) is 0.364. The molecule has 0 radical (unpaired) electrons. The second-order valence-corrected chi connectivity index (χ2v) is 4.37. The molecule has 1 aromatic carbocycles. The number of carbonyl (C=O) groups excluding carboxylic acids is 1. The number of halogens is 4. The van der Waals surface area contributed by atoms with Crippen molar-refractivity contribution in [2.45, 2.75) is 19.0 Å². The minimum absolute atomic E-state index is 0.106. The highest BCUT2D eigenvalue weighted by atomic mass is 127. The van der Waals surface area contributed by atoms with E-state index in [4.69, 9.17) is 0 Å². The van der Waals surface area contributed by atoms with Gasteiger partial charge in [0.2, 0.25) is 0 Å². The molecule has 0 saturated carbocycles. The Labute approximate surface area is 105 Å². The smallest absolute Gasteiger partial charge is 0.294 e. The van der Waals surface area contributed by atoms with Gasteiger partial charge in [0, 0.05) is 12.0 Å². The molecule has 5 heteroatoms. The third-order valence-electron chi connectivity index (χ3n) is 2.07. The van der Waals surface area contributed by atoms with Crippen LogP contribution >= 0.6 is 22.6 Å². The van der Waals surface area contributed by atoms with Gasteiger partial charge in [-0.2, -0.15) is 13.2 Å². The fourth-order valence-electron chi connectivity index (χ4n) is 1.22. The van der Waals surface area contributed by atoms with Crippen molar-refractivity contribution in [1.29, 1.82) is 0 Å². The molecule has 0 aromatic heterocycles. The zero-order valence-corrected chi connectivity index (χ0v) is 10.5. The molecule has 0 saturated heterocycles. The Kier molecular flexibility index (Phi) is 4.76. The number of ketones is 1. The first-order valence-electron chi connectivity index (χ1n) is 4.71. The maximum atomic E-state index is 12.2. The molecule has 1 nitrogen and oxygen atoms in total. The fourth-order valence-corrected chi connectivity index (χ4v) is 1.60. The number of hydrogen-bond donors (Lipinski definition) is 0. The molecule has 0 atom stereocenters. The zero-order valence-electron chi connectivity index (χ0n) is 8.35. The van der Waals surface area contributed by atoms with Crippen molar-refractivity contribution in [1.82, 2.24) is 0 Å². The number of carbonyl (C=O) groups is 1. The van der Waals surface area contributed by atoms with E-state index in [-0.39, 0.29) is 5.78 Å². The Bertz CT molecular complexity index is 356. The highest BCUT2D eigenvalue weighted by Crippen LogP contribution is 2.29. The minimum atomic E-state index is -4.34. The normalized spacial score (nSPS) is 11.5. The SMILES string of the molecule is O=C(CCCI)c1ccc(C(F)(F)F)cc1. The van der Waals surface area contributed by atoms with Crippen molar-refractivity contribution in [3.8, 4) is 0 Å². The summed E-state index contributed by atoms with van der Waals surface area (Å²) in [5, 5.41) is 0. The Morgan fingerprint density at radius 1 is 1.19 bits per heavy atom. The van der Waals surface area contributed by atoms with E-state index in [1.54, 1.807) is 0 Å². The summed E-state index contributed by atoms with van der Waals surface area (Å²) in [6, 6.07) is 4.35. The first-order chi connectivity index (χ1) is 7.45. The Balaban J connectivity index is 2.75. The second kappa shape index (κ2) is 5.65. The van der Waals surface area contributed by atoms with Gasteiger partial charge in [-0.25, -0.2) is 0 Å². The van der Waals surface area contributed by atoms with Crippen molar-refractivity contribution in [2.24, 2.45) is 0 Å². The summed E-state index contributed by atoms with van der Waals surface area (Å²) in [6.45, 7) is 0. The maximum Gasteiger partial charge on any atom is 0.416 e. The van der Waals surface area contributed by atoms with Crippen LogP contribution in [0.5, 0.6) is 0 Å². The molecule has 0 aliphatic heterocycles. The van der Waals surface area contributed by atoms with Gasteiger partial charge in [0.15, 0.2) is 5.78 Å². The number of Topliss-reactive ketones (excluding diaryl/α,β-unsaturated/α-hetero) is 1. The maximum absolute atomic E-state index is 12.2. The summed E-state index contributed by atoms with van der Waals surface area (Å²) >= 11 is 2.15. The minimum Gasteiger partial charge on any atom is -0.294 e. The van der Waals surface area contributed by atoms with Gasteiger partial charge in [-0.15, -0.1) is 0 Å². The first-order valence-corrected chi connectivity index (χ1v) is 6.24. The summed E-state index contributed by atoms with van der Waals surface area (Å²) in [6.07, 6.45) is -3.21. The summed E-state index contributed by atoms with van der Waals surface area (Å²) in [7, 11) is 0. The van der Waals surface area contributed by atoms with Crippen molar-refractivity contribution in [2.75, 3.05) is 4.43 Å². The second-order valence-electron chi connectivity index (χ2n) is 3.29. The van der Waals surface area contributed by atoms with Gasteiger partial charge >= 0.3 is 6.18 Å². The monoisotopic (exact) mass is 342 g/mol. The van der Waals surface area contributed by atoms with Crippen molar-refractivity contribution < 1.29 is 18.0 Å². The van der Waals surface area contributed by atoms with E-state index in [0.717, 1.165) is 23.0 Å².